The molecular weight excluding hydrogens is 169 g/mol. The first-order valence-electron chi connectivity index (χ1n) is 4.16. The van der Waals surface area contributed by atoms with Gasteiger partial charge in [0, 0.05) is 6.42 Å². The van der Waals surface area contributed by atoms with Crippen LogP contribution in [-0.4, -0.2) is 5.60 Å². The topological polar surface area (TPSA) is 35.2 Å². The first-order chi connectivity index (χ1) is 6.03. The third-order valence-corrected chi connectivity index (χ3v) is 1.86. The molecule has 0 saturated heterocycles. The van der Waals surface area contributed by atoms with Gasteiger partial charge >= 0.3 is 0 Å². The molecule has 1 rings (SSSR count). The van der Waals surface area contributed by atoms with Gasteiger partial charge in [0.2, 0.25) is 0 Å². The lowest BCUT2D eigenvalue weighted by Crippen LogP contribution is -2.30. The molecule has 0 radical (unpaired) electrons. The van der Waals surface area contributed by atoms with Crippen LogP contribution in [-0.2, 0) is 11.3 Å². The Hall–Kier alpha value is -0.930. The van der Waals surface area contributed by atoms with E-state index in [9.17, 15) is 4.39 Å². The Morgan fingerprint density at radius 1 is 1.31 bits per heavy atom. The Balaban J connectivity index is 2.69. The zero-order valence-corrected chi connectivity index (χ0v) is 7.88. The minimum atomic E-state index is -0.405. The van der Waals surface area contributed by atoms with Gasteiger partial charge in [-0.1, -0.05) is 12.1 Å². The van der Waals surface area contributed by atoms with E-state index in [0.717, 1.165) is 5.56 Å². The van der Waals surface area contributed by atoms with Gasteiger partial charge in [-0.05, 0) is 31.5 Å². The van der Waals surface area contributed by atoms with Crippen molar-refractivity contribution >= 4 is 0 Å². The number of benzene rings is 1. The lowest BCUT2D eigenvalue weighted by molar-refractivity contribution is -0.0187. The highest BCUT2D eigenvalue weighted by Gasteiger charge is 2.17. The van der Waals surface area contributed by atoms with Gasteiger partial charge in [0.25, 0.3) is 0 Å². The molecule has 1 aromatic rings. The summed E-state index contributed by atoms with van der Waals surface area (Å²) >= 11 is 0. The van der Waals surface area contributed by atoms with Gasteiger partial charge in [-0.3, -0.25) is 4.84 Å². The summed E-state index contributed by atoms with van der Waals surface area (Å²) in [7, 11) is 0. The molecule has 0 atom stereocenters. The van der Waals surface area contributed by atoms with Crippen LogP contribution >= 0.6 is 0 Å². The van der Waals surface area contributed by atoms with Gasteiger partial charge in [0.1, 0.15) is 5.82 Å². The van der Waals surface area contributed by atoms with E-state index in [4.69, 9.17) is 10.7 Å². The molecule has 0 amide bonds. The third-order valence-electron chi connectivity index (χ3n) is 1.86. The molecule has 3 heteroatoms. The van der Waals surface area contributed by atoms with Gasteiger partial charge in [-0.15, -0.1) is 0 Å². The molecule has 0 saturated carbocycles. The first-order valence-corrected chi connectivity index (χ1v) is 4.16. The molecule has 72 valence electrons. The summed E-state index contributed by atoms with van der Waals surface area (Å²) in [6.45, 7) is 3.77. The third kappa shape index (κ3) is 3.13. The Kier molecular flexibility index (Phi) is 3.01. The summed E-state index contributed by atoms with van der Waals surface area (Å²) in [5, 5.41) is 0. The molecule has 0 fully saturated rings. The smallest absolute Gasteiger partial charge is 0.123 e. The van der Waals surface area contributed by atoms with Crippen LogP contribution < -0.4 is 5.90 Å². The van der Waals surface area contributed by atoms with Crippen LogP contribution in [0, 0.1) is 5.82 Å². The molecule has 0 unspecified atom stereocenters. The van der Waals surface area contributed by atoms with Crippen molar-refractivity contribution in [2.24, 2.45) is 5.90 Å². The van der Waals surface area contributed by atoms with E-state index in [1.807, 2.05) is 13.8 Å². The summed E-state index contributed by atoms with van der Waals surface area (Å²) in [4.78, 5) is 4.78. The summed E-state index contributed by atoms with van der Waals surface area (Å²) in [6.07, 6.45) is 0.670. The maximum Gasteiger partial charge on any atom is 0.123 e. The maximum atomic E-state index is 12.5. The van der Waals surface area contributed by atoms with Crippen LogP contribution in [0.3, 0.4) is 0 Å². The van der Waals surface area contributed by atoms with Gasteiger partial charge in [-0.25, -0.2) is 10.3 Å². The number of hydrogen-bond donors (Lipinski definition) is 1. The molecule has 0 aromatic heterocycles. The van der Waals surface area contributed by atoms with Crippen molar-refractivity contribution in [3.8, 4) is 0 Å². The minimum absolute atomic E-state index is 0.227. The highest BCUT2D eigenvalue weighted by Crippen LogP contribution is 2.15. The largest absolute Gasteiger partial charge is 0.298 e. The second-order valence-electron chi connectivity index (χ2n) is 3.68. The van der Waals surface area contributed by atoms with Gasteiger partial charge < -0.3 is 0 Å². The Labute approximate surface area is 77.5 Å². The summed E-state index contributed by atoms with van der Waals surface area (Å²) in [5.74, 6) is 4.88. The second-order valence-corrected chi connectivity index (χ2v) is 3.68. The highest BCUT2D eigenvalue weighted by molar-refractivity contribution is 5.17. The fourth-order valence-electron chi connectivity index (χ4n) is 1.14. The van der Waals surface area contributed by atoms with E-state index in [2.05, 4.69) is 0 Å². The molecule has 0 spiro atoms. The average Bonchev–Trinajstić information content (AvgIpc) is 2.09. The monoisotopic (exact) mass is 183 g/mol. The van der Waals surface area contributed by atoms with Crippen molar-refractivity contribution in [3.63, 3.8) is 0 Å². The van der Waals surface area contributed by atoms with E-state index in [1.165, 1.54) is 12.1 Å². The number of hydrogen-bond acceptors (Lipinski definition) is 2. The molecule has 2 N–H and O–H groups in total. The van der Waals surface area contributed by atoms with E-state index in [-0.39, 0.29) is 5.82 Å². The molecule has 1 aromatic carbocycles. The number of nitrogens with two attached hydrogens (primary N) is 1. The summed E-state index contributed by atoms with van der Waals surface area (Å²) in [5.41, 5.74) is 0.606. The van der Waals surface area contributed by atoms with Crippen LogP contribution in [0.2, 0.25) is 0 Å². The Morgan fingerprint density at radius 2 is 1.85 bits per heavy atom. The highest BCUT2D eigenvalue weighted by atomic mass is 19.1. The van der Waals surface area contributed by atoms with Crippen molar-refractivity contribution in [1.29, 1.82) is 0 Å². The number of halogens is 1. The Morgan fingerprint density at radius 3 is 2.31 bits per heavy atom. The quantitative estimate of drug-likeness (QED) is 0.728. The lowest BCUT2D eigenvalue weighted by atomic mass is 9.99. The van der Waals surface area contributed by atoms with Crippen molar-refractivity contribution in [1.82, 2.24) is 0 Å². The minimum Gasteiger partial charge on any atom is -0.298 e. The molecule has 0 bridgehead atoms. The van der Waals surface area contributed by atoms with Gasteiger partial charge in [0.05, 0.1) is 5.60 Å². The fraction of sp³-hybridized carbons (Fsp3) is 0.400. The molecule has 0 aliphatic carbocycles. The molecule has 0 aliphatic heterocycles. The van der Waals surface area contributed by atoms with Crippen LogP contribution in [0.5, 0.6) is 0 Å². The Bertz CT molecular complexity index is 269. The molecule has 13 heavy (non-hydrogen) atoms. The van der Waals surface area contributed by atoms with E-state index in [0.29, 0.717) is 6.42 Å². The molecular formula is C10H14FNO. The second kappa shape index (κ2) is 3.85. The maximum absolute atomic E-state index is 12.5. The van der Waals surface area contributed by atoms with Crippen LogP contribution in [0.1, 0.15) is 19.4 Å². The normalized spacial score (nSPS) is 11.7. The van der Waals surface area contributed by atoms with E-state index < -0.39 is 5.60 Å². The van der Waals surface area contributed by atoms with Crippen molar-refractivity contribution in [2.75, 3.05) is 0 Å². The van der Waals surface area contributed by atoms with Crippen LogP contribution in [0.25, 0.3) is 0 Å². The van der Waals surface area contributed by atoms with E-state index in [1.54, 1.807) is 12.1 Å². The van der Waals surface area contributed by atoms with Gasteiger partial charge in [-0.2, -0.15) is 0 Å². The van der Waals surface area contributed by atoms with Crippen LogP contribution in [0.4, 0.5) is 4.39 Å². The summed E-state index contributed by atoms with van der Waals surface area (Å²) in [6, 6.07) is 6.33. The SMILES string of the molecule is CC(C)(Cc1ccc(F)cc1)ON. The average molecular weight is 183 g/mol. The fourth-order valence-corrected chi connectivity index (χ4v) is 1.14. The van der Waals surface area contributed by atoms with E-state index >= 15 is 0 Å². The van der Waals surface area contributed by atoms with Crippen molar-refractivity contribution in [3.05, 3.63) is 35.6 Å². The first kappa shape index (κ1) is 10.2. The standard InChI is InChI=1S/C10H14FNO/c1-10(2,13-12)7-8-3-5-9(11)6-4-8/h3-6H,7,12H2,1-2H3. The molecule has 2 nitrogen and oxygen atoms in total. The zero-order chi connectivity index (χ0) is 9.90. The zero-order valence-electron chi connectivity index (χ0n) is 7.88. The summed E-state index contributed by atoms with van der Waals surface area (Å²) < 4.78 is 12.5. The number of rotatable bonds is 3. The van der Waals surface area contributed by atoms with Crippen LogP contribution in [0.15, 0.2) is 24.3 Å². The lowest BCUT2D eigenvalue weighted by Gasteiger charge is -2.21. The van der Waals surface area contributed by atoms with Crippen molar-refractivity contribution < 1.29 is 9.23 Å². The predicted molar refractivity (Wildman–Crippen MR) is 49.5 cm³/mol. The van der Waals surface area contributed by atoms with Gasteiger partial charge in [0.15, 0.2) is 0 Å². The molecule has 0 aliphatic rings. The molecule has 0 heterocycles. The van der Waals surface area contributed by atoms with Crippen molar-refractivity contribution in [2.45, 2.75) is 25.9 Å². The predicted octanol–water partition coefficient (Wildman–Crippen LogP) is 2.04.